The molecule has 15 heavy (non-hydrogen) atoms. The Morgan fingerprint density at radius 2 is 1.93 bits per heavy atom. The Hall–Kier alpha value is -1.79. The molecule has 0 fully saturated rings. The van der Waals surface area contributed by atoms with Gasteiger partial charge in [0.2, 0.25) is 0 Å². The molecule has 2 nitrogen and oxygen atoms in total. The van der Waals surface area contributed by atoms with Gasteiger partial charge in [-0.1, -0.05) is 18.2 Å². The second-order valence-corrected chi connectivity index (χ2v) is 4.22. The van der Waals surface area contributed by atoms with Crippen molar-refractivity contribution in [2.75, 3.05) is 5.73 Å². The molecule has 0 aliphatic heterocycles. The zero-order valence-corrected chi connectivity index (χ0v) is 8.87. The lowest BCUT2D eigenvalue weighted by molar-refractivity contribution is 1.07. The van der Waals surface area contributed by atoms with Crippen molar-refractivity contribution in [3.8, 4) is 6.07 Å². The van der Waals surface area contributed by atoms with E-state index in [2.05, 4.69) is 6.07 Å². The van der Waals surface area contributed by atoms with Gasteiger partial charge in [0.05, 0.1) is 6.07 Å². The summed E-state index contributed by atoms with van der Waals surface area (Å²) in [6.07, 6.45) is 0. The maximum absolute atomic E-state index is 9.15. The Morgan fingerprint density at radius 3 is 2.47 bits per heavy atom. The molecule has 1 unspecified atom stereocenters. The van der Waals surface area contributed by atoms with Crippen LogP contribution >= 0.6 is 11.3 Å². The van der Waals surface area contributed by atoms with Gasteiger partial charge in [0.25, 0.3) is 0 Å². The molecule has 0 spiro atoms. The molecule has 0 amide bonds. The molecule has 0 saturated carbocycles. The molecule has 1 aromatic carbocycles. The van der Waals surface area contributed by atoms with Gasteiger partial charge in [-0.25, -0.2) is 0 Å². The summed E-state index contributed by atoms with van der Waals surface area (Å²) in [5.41, 5.74) is 7.32. The highest BCUT2D eigenvalue weighted by Gasteiger charge is 2.13. The van der Waals surface area contributed by atoms with Gasteiger partial charge >= 0.3 is 0 Å². The van der Waals surface area contributed by atoms with Crippen LogP contribution in [0.4, 0.5) is 5.69 Å². The van der Waals surface area contributed by atoms with E-state index in [9.17, 15) is 0 Å². The van der Waals surface area contributed by atoms with Crippen LogP contribution in [-0.4, -0.2) is 0 Å². The number of hydrogen-bond acceptors (Lipinski definition) is 3. The number of benzene rings is 1. The van der Waals surface area contributed by atoms with Crippen LogP contribution in [0.15, 0.2) is 41.8 Å². The fourth-order valence-electron chi connectivity index (χ4n) is 1.45. The van der Waals surface area contributed by atoms with Crippen molar-refractivity contribution in [3.05, 3.63) is 52.2 Å². The van der Waals surface area contributed by atoms with Crippen molar-refractivity contribution in [1.82, 2.24) is 0 Å². The maximum Gasteiger partial charge on any atom is 0.105 e. The molecule has 74 valence electrons. The van der Waals surface area contributed by atoms with E-state index in [1.807, 2.05) is 41.8 Å². The lowest BCUT2D eigenvalue weighted by atomic mass is 9.99. The van der Waals surface area contributed by atoms with Crippen molar-refractivity contribution in [1.29, 1.82) is 5.26 Å². The summed E-state index contributed by atoms with van der Waals surface area (Å²) in [5, 5.41) is 11.1. The Morgan fingerprint density at radius 1 is 1.20 bits per heavy atom. The zero-order valence-electron chi connectivity index (χ0n) is 8.05. The monoisotopic (exact) mass is 214 g/mol. The molecule has 3 heteroatoms. The number of hydrogen-bond donors (Lipinski definition) is 1. The minimum atomic E-state index is -0.175. The van der Waals surface area contributed by atoms with Crippen LogP contribution in [0.25, 0.3) is 0 Å². The van der Waals surface area contributed by atoms with Crippen molar-refractivity contribution in [3.63, 3.8) is 0 Å². The topological polar surface area (TPSA) is 49.8 Å². The minimum Gasteiger partial charge on any atom is -0.399 e. The molecule has 0 bridgehead atoms. The Labute approximate surface area is 92.6 Å². The molecule has 2 N–H and O–H groups in total. The third kappa shape index (κ3) is 2.00. The molecular formula is C12H10N2S. The van der Waals surface area contributed by atoms with E-state index in [0.29, 0.717) is 0 Å². The van der Waals surface area contributed by atoms with Crippen molar-refractivity contribution in [2.45, 2.75) is 5.92 Å². The SMILES string of the molecule is N#CC(c1ccc(N)cc1)c1cccs1. The molecule has 0 aliphatic rings. The molecule has 2 aromatic rings. The summed E-state index contributed by atoms with van der Waals surface area (Å²) < 4.78 is 0. The van der Waals surface area contributed by atoms with Crippen LogP contribution in [0.2, 0.25) is 0 Å². The smallest absolute Gasteiger partial charge is 0.105 e. The number of nitrogens with zero attached hydrogens (tertiary/aromatic N) is 1. The van der Waals surface area contributed by atoms with E-state index in [1.165, 1.54) is 0 Å². The zero-order chi connectivity index (χ0) is 10.7. The lowest BCUT2D eigenvalue weighted by Gasteiger charge is -2.06. The number of thiophene rings is 1. The summed E-state index contributed by atoms with van der Waals surface area (Å²) in [6, 6.07) is 13.7. The van der Waals surface area contributed by atoms with E-state index >= 15 is 0 Å². The molecule has 0 saturated heterocycles. The highest BCUT2D eigenvalue weighted by atomic mass is 32.1. The van der Waals surface area contributed by atoms with Gasteiger partial charge in [-0.3, -0.25) is 0 Å². The summed E-state index contributed by atoms with van der Waals surface area (Å²) in [5.74, 6) is -0.175. The van der Waals surface area contributed by atoms with Gasteiger partial charge in [-0.2, -0.15) is 5.26 Å². The highest BCUT2D eigenvalue weighted by Crippen LogP contribution is 2.27. The van der Waals surface area contributed by atoms with Gasteiger partial charge in [-0.15, -0.1) is 11.3 Å². The van der Waals surface area contributed by atoms with Gasteiger partial charge in [0, 0.05) is 10.6 Å². The first-order chi connectivity index (χ1) is 7.31. The summed E-state index contributed by atoms with van der Waals surface area (Å²) >= 11 is 1.60. The largest absolute Gasteiger partial charge is 0.399 e. The average Bonchev–Trinajstić information content (AvgIpc) is 2.75. The average molecular weight is 214 g/mol. The third-order valence-electron chi connectivity index (χ3n) is 2.23. The Kier molecular flexibility index (Phi) is 2.70. The number of anilines is 1. The minimum absolute atomic E-state index is 0.175. The number of nitrogen functional groups attached to an aromatic ring is 1. The van der Waals surface area contributed by atoms with E-state index in [1.54, 1.807) is 11.3 Å². The molecule has 2 rings (SSSR count). The molecule has 1 heterocycles. The molecular weight excluding hydrogens is 204 g/mol. The summed E-state index contributed by atoms with van der Waals surface area (Å²) in [7, 11) is 0. The van der Waals surface area contributed by atoms with E-state index in [-0.39, 0.29) is 5.92 Å². The van der Waals surface area contributed by atoms with Gasteiger partial charge < -0.3 is 5.73 Å². The van der Waals surface area contributed by atoms with E-state index in [0.717, 1.165) is 16.1 Å². The normalized spacial score (nSPS) is 11.9. The second-order valence-electron chi connectivity index (χ2n) is 3.24. The predicted octanol–water partition coefficient (Wildman–Crippen LogP) is 2.99. The van der Waals surface area contributed by atoms with Crippen LogP contribution in [0.1, 0.15) is 16.4 Å². The fourth-order valence-corrected chi connectivity index (χ4v) is 2.24. The van der Waals surface area contributed by atoms with Crippen molar-refractivity contribution in [2.24, 2.45) is 0 Å². The standard InChI is InChI=1S/C12H10N2S/c13-8-11(12-2-1-7-15-12)9-3-5-10(14)6-4-9/h1-7,11H,14H2. The van der Waals surface area contributed by atoms with Crippen LogP contribution in [0.3, 0.4) is 0 Å². The number of nitriles is 1. The molecule has 0 aliphatic carbocycles. The van der Waals surface area contributed by atoms with E-state index < -0.39 is 0 Å². The van der Waals surface area contributed by atoms with E-state index in [4.69, 9.17) is 11.0 Å². The summed E-state index contributed by atoms with van der Waals surface area (Å²) in [6.45, 7) is 0. The molecule has 0 radical (unpaired) electrons. The van der Waals surface area contributed by atoms with Crippen LogP contribution in [-0.2, 0) is 0 Å². The first-order valence-electron chi connectivity index (χ1n) is 4.59. The van der Waals surface area contributed by atoms with Crippen molar-refractivity contribution < 1.29 is 0 Å². The quantitative estimate of drug-likeness (QED) is 0.781. The number of rotatable bonds is 2. The maximum atomic E-state index is 9.15. The third-order valence-corrected chi connectivity index (χ3v) is 3.16. The lowest BCUT2D eigenvalue weighted by Crippen LogP contribution is -1.95. The molecule has 1 atom stereocenters. The van der Waals surface area contributed by atoms with Gasteiger partial charge in [0.15, 0.2) is 0 Å². The van der Waals surface area contributed by atoms with Crippen LogP contribution < -0.4 is 5.73 Å². The van der Waals surface area contributed by atoms with Gasteiger partial charge in [0.1, 0.15) is 5.92 Å². The first-order valence-corrected chi connectivity index (χ1v) is 5.47. The fraction of sp³-hybridized carbons (Fsp3) is 0.0833. The first kappa shape index (κ1) is 9.75. The Balaban J connectivity index is 2.37. The van der Waals surface area contributed by atoms with Gasteiger partial charge in [-0.05, 0) is 29.1 Å². The van der Waals surface area contributed by atoms with Crippen LogP contribution in [0, 0.1) is 11.3 Å². The molecule has 1 aromatic heterocycles. The van der Waals surface area contributed by atoms with Crippen LogP contribution in [0.5, 0.6) is 0 Å². The highest BCUT2D eigenvalue weighted by molar-refractivity contribution is 7.10. The predicted molar refractivity (Wildman–Crippen MR) is 62.6 cm³/mol. The van der Waals surface area contributed by atoms with Crippen molar-refractivity contribution >= 4 is 17.0 Å². The Bertz CT molecular complexity index is 465. The summed E-state index contributed by atoms with van der Waals surface area (Å²) in [4.78, 5) is 1.07. The second kappa shape index (κ2) is 4.16. The number of nitrogens with two attached hydrogens (primary N) is 1.